The van der Waals surface area contributed by atoms with Gasteiger partial charge in [0, 0.05) is 20.1 Å². The summed E-state index contributed by atoms with van der Waals surface area (Å²) in [4.78, 5) is 0.0674. The second-order valence-corrected chi connectivity index (χ2v) is 7.27. The Kier molecular flexibility index (Phi) is 3.41. The van der Waals surface area contributed by atoms with Crippen LogP contribution in [0, 0.1) is 11.3 Å². The highest BCUT2D eigenvalue weighted by molar-refractivity contribution is 7.89. The molecule has 21 heavy (non-hydrogen) atoms. The highest BCUT2D eigenvalue weighted by atomic mass is 32.2. The third-order valence-corrected chi connectivity index (χ3v) is 6.20. The van der Waals surface area contributed by atoms with Crippen molar-refractivity contribution >= 4 is 32.8 Å². The normalized spacial score (nSPS) is 22.7. The lowest BCUT2D eigenvalue weighted by Gasteiger charge is -2.30. The van der Waals surface area contributed by atoms with Crippen LogP contribution in [0.15, 0.2) is 23.1 Å². The molecule has 110 valence electrons. The predicted molar refractivity (Wildman–Crippen MR) is 76.1 cm³/mol. The van der Waals surface area contributed by atoms with Gasteiger partial charge < -0.3 is 4.74 Å². The van der Waals surface area contributed by atoms with Crippen molar-refractivity contribution < 1.29 is 13.2 Å². The van der Waals surface area contributed by atoms with E-state index in [-0.39, 0.29) is 11.5 Å². The van der Waals surface area contributed by atoms with Crippen molar-refractivity contribution in [1.29, 1.82) is 5.26 Å². The first-order valence-corrected chi connectivity index (χ1v) is 8.38. The van der Waals surface area contributed by atoms with Crippen LogP contribution in [0.1, 0.15) is 6.42 Å². The molecule has 0 bridgehead atoms. The molecule has 1 aromatic heterocycles. The number of hydrogen-bond donors (Lipinski definition) is 0. The molecule has 7 nitrogen and oxygen atoms in total. The highest BCUT2D eigenvalue weighted by Gasteiger charge is 2.45. The van der Waals surface area contributed by atoms with Crippen LogP contribution in [0.5, 0.6) is 0 Å². The standard InChI is InChI=1S/C12H12N4O3S2/c1-16(12(7-13)5-6-19-8-12)21(17,18)10-4-2-3-9-11(10)15-20-14-9/h2-4H,5-6,8H2,1H3. The first kappa shape index (κ1) is 14.3. The lowest BCUT2D eigenvalue weighted by molar-refractivity contribution is 0.163. The minimum Gasteiger partial charge on any atom is -0.378 e. The third kappa shape index (κ3) is 2.11. The molecule has 1 atom stereocenters. The summed E-state index contributed by atoms with van der Waals surface area (Å²) in [6.07, 6.45) is 0.352. The van der Waals surface area contributed by atoms with Gasteiger partial charge in [-0.25, -0.2) is 8.42 Å². The fraction of sp³-hybridized carbons (Fsp3) is 0.417. The smallest absolute Gasteiger partial charge is 0.246 e. The van der Waals surface area contributed by atoms with Crippen LogP contribution in [-0.4, -0.2) is 47.3 Å². The Labute approximate surface area is 126 Å². The minimum atomic E-state index is -3.85. The van der Waals surface area contributed by atoms with Crippen LogP contribution in [0.2, 0.25) is 0 Å². The van der Waals surface area contributed by atoms with E-state index >= 15 is 0 Å². The molecular formula is C12H12N4O3S2. The molecule has 1 aliphatic heterocycles. The largest absolute Gasteiger partial charge is 0.378 e. The van der Waals surface area contributed by atoms with Crippen molar-refractivity contribution in [2.45, 2.75) is 16.9 Å². The number of benzene rings is 1. The summed E-state index contributed by atoms with van der Waals surface area (Å²) in [5.41, 5.74) is -0.297. The summed E-state index contributed by atoms with van der Waals surface area (Å²) < 4.78 is 40.1. The van der Waals surface area contributed by atoms with Crippen molar-refractivity contribution in [1.82, 2.24) is 13.1 Å². The van der Waals surface area contributed by atoms with Crippen LogP contribution in [0.4, 0.5) is 0 Å². The number of nitriles is 1. The van der Waals surface area contributed by atoms with E-state index in [1.165, 1.54) is 13.1 Å². The van der Waals surface area contributed by atoms with Crippen LogP contribution < -0.4 is 0 Å². The molecule has 0 spiro atoms. The Hall–Kier alpha value is -1.60. The van der Waals surface area contributed by atoms with Gasteiger partial charge in [-0.05, 0) is 12.1 Å². The van der Waals surface area contributed by atoms with E-state index in [0.717, 1.165) is 16.0 Å². The maximum atomic E-state index is 12.9. The van der Waals surface area contributed by atoms with Gasteiger partial charge in [0.2, 0.25) is 10.0 Å². The molecule has 1 unspecified atom stereocenters. The van der Waals surface area contributed by atoms with Gasteiger partial charge in [-0.3, -0.25) is 0 Å². The topological polar surface area (TPSA) is 96.2 Å². The van der Waals surface area contributed by atoms with Gasteiger partial charge in [-0.2, -0.15) is 18.3 Å². The molecular weight excluding hydrogens is 312 g/mol. The third-order valence-electron chi connectivity index (χ3n) is 3.70. The van der Waals surface area contributed by atoms with E-state index in [1.54, 1.807) is 12.1 Å². The summed E-state index contributed by atoms with van der Waals surface area (Å²) in [6.45, 7) is 0.445. The SMILES string of the molecule is CN(C1(C#N)CCOC1)S(=O)(=O)c1cccc2nsnc12. The maximum absolute atomic E-state index is 12.9. The molecule has 2 aromatic rings. The number of sulfonamides is 1. The summed E-state index contributed by atoms with van der Waals surface area (Å²) in [6, 6.07) is 6.89. The number of likely N-dealkylation sites (N-methyl/N-ethyl adjacent to an activating group) is 1. The monoisotopic (exact) mass is 324 g/mol. The van der Waals surface area contributed by atoms with Crippen LogP contribution in [-0.2, 0) is 14.8 Å². The van der Waals surface area contributed by atoms with E-state index in [2.05, 4.69) is 14.8 Å². The second kappa shape index (κ2) is 4.99. The zero-order chi connectivity index (χ0) is 15.1. The first-order valence-electron chi connectivity index (χ1n) is 6.21. The molecule has 0 amide bonds. The lowest BCUT2D eigenvalue weighted by Crippen LogP contribution is -2.49. The Morgan fingerprint density at radius 1 is 1.48 bits per heavy atom. The summed E-state index contributed by atoms with van der Waals surface area (Å²) in [7, 11) is -2.45. The number of rotatable bonds is 3. The predicted octanol–water partition coefficient (Wildman–Crippen LogP) is 0.994. The van der Waals surface area contributed by atoms with Gasteiger partial charge in [0.25, 0.3) is 0 Å². The Morgan fingerprint density at radius 2 is 2.29 bits per heavy atom. The van der Waals surface area contributed by atoms with Gasteiger partial charge in [0.05, 0.1) is 24.4 Å². The number of fused-ring (bicyclic) bond motifs is 1. The zero-order valence-corrected chi connectivity index (χ0v) is 12.8. The van der Waals surface area contributed by atoms with Crippen molar-refractivity contribution in [2.24, 2.45) is 0 Å². The Bertz CT molecular complexity index is 818. The van der Waals surface area contributed by atoms with Crippen molar-refractivity contribution in [2.75, 3.05) is 20.3 Å². The number of ether oxygens (including phenoxy) is 1. The van der Waals surface area contributed by atoms with Crippen LogP contribution in [0.25, 0.3) is 11.0 Å². The summed E-state index contributed by atoms with van der Waals surface area (Å²) in [5.74, 6) is 0. The molecule has 0 N–H and O–H groups in total. The maximum Gasteiger partial charge on any atom is 0.246 e. The average molecular weight is 324 g/mol. The molecule has 0 radical (unpaired) electrons. The zero-order valence-electron chi connectivity index (χ0n) is 11.2. The number of hydrogen-bond acceptors (Lipinski definition) is 7. The Balaban J connectivity index is 2.13. The van der Waals surface area contributed by atoms with Crippen LogP contribution >= 0.6 is 11.7 Å². The van der Waals surface area contributed by atoms with Gasteiger partial charge in [-0.1, -0.05) is 6.07 Å². The fourth-order valence-corrected chi connectivity index (χ4v) is 4.52. The second-order valence-electron chi connectivity index (χ2n) is 4.81. The molecule has 1 saturated heterocycles. The lowest BCUT2D eigenvalue weighted by atomic mass is 10.0. The molecule has 2 heterocycles. The summed E-state index contributed by atoms with van der Waals surface area (Å²) in [5, 5.41) is 9.41. The minimum absolute atomic E-state index is 0.0674. The molecule has 1 aromatic carbocycles. The Morgan fingerprint density at radius 3 is 2.95 bits per heavy atom. The fourth-order valence-electron chi connectivity index (χ4n) is 2.33. The van der Waals surface area contributed by atoms with E-state index in [0.29, 0.717) is 24.1 Å². The van der Waals surface area contributed by atoms with Gasteiger partial charge in [-0.15, -0.1) is 0 Å². The summed E-state index contributed by atoms with van der Waals surface area (Å²) >= 11 is 0.959. The van der Waals surface area contributed by atoms with E-state index < -0.39 is 15.6 Å². The number of nitrogens with zero attached hydrogens (tertiary/aromatic N) is 4. The highest BCUT2D eigenvalue weighted by Crippen LogP contribution is 2.32. The van der Waals surface area contributed by atoms with Gasteiger partial charge in [0.15, 0.2) is 0 Å². The van der Waals surface area contributed by atoms with Crippen LogP contribution in [0.3, 0.4) is 0 Å². The number of aromatic nitrogens is 2. The first-order chi connectivity index (χ1) is 10.0. The molecule has 9 heteroatoms. The van der Waals surface area contributed by atoms with E-state index in [1.807, 2.05) is 0 Å². The molecule has 0 aliphatic carbocycles. The molecule has 3 rings (SSSR count). The molecule has 1 aliphatic rings. The average Bonchev–Trinajstić information content (AvgIpc) is 3.15. The quantitative estimate of drug-likeness (QED) is 0.835. The van der Waals surface area contributed by atoms with Gasteiger partial charge >= 0.3 is 0 Å². The molecule has 0 saturated carbocycles. The molecule has 1 fully saturated rings. The van der Waals surface area contributed by atoms with E-state index in [9.17, 15) is 13.7 Å². The van der Waals surface area contributed by atoms with Crippen molar-refractivity contribution in [3.8, 4) is 6.07 Å². The van der Waals surface area contributed by atoms with Crippen molar-refractivity contribution in [3.63, 3.8) is 0 Å². The van der Waals surface area contributed by atoms with Gasteiger partial charge in [0.1, 0.15) is 21.5 Å². The van der Waals surface area contributed by atoms with Crippen molar-refractivity contribution in [3.05, 3.63) is 18.2 Å². The van der Waals surface area contributed by atoms with E-state index in [4.69, 9.17) is 4.74 Å².